The molecule has 41 heavy (non-hydrogen) atoms. The lowest BCUT2D eigenvalue weighted by Gasteiger charge is -2.35. The molecule has 2 amide bonds. The molecule has 0 saturated heterocycles. The fourth-order valence-electron chi connectivity index (χ4n) is 5.11. The van der Waals surface area contributed by atoms with Gasteiger partial charge in [-0.25, -0.2) is 8.42 Å². The van der Waals surface area contributed by atoms with Gasteiger partial charge in [0.2, 0.25) is 21.8 Å². The molecular weight excluding hydrogens is 717 g/mol. The van der Waals surface area contributed by atoms with E-state index in [1.54, 1.807) is 29.2 Å². The number of carbonyl (C=O) groups is 2. The van der Waals surface area contributed by atoms with Gasteiger partial charge in [-0.05, 0) is 83.0 Å². The van der Waals surface area contributed by atoms with Crippen LogP contribution in [0.2, 0.25) is 0 Å². The second kappa shape index (κ2) is 14.6. The number of nitrogens with one attached hydrogen (secondary N) is 1. The molecule has 1 atom stereocenters. The summed E-state index contributed by atoms with van der Waals surface area (Å²) in [6, 6.07) is 23.4. The first-order valence-corrected chi connectivity index (χ1v) is 17.4. The van der Waals surface area contributed by atoms with Crippen molar-refractivity contribution in [2.24, 2.45) is 0 Å². The Morgan fingerprint density at radius 1 is 0.927 bits per heavy atom. The third-order valence-corrected chi connectivity index (χ3v) is 9.67. The molecule has 3 aromatic rings. The van der Waals surface area contributed by atoms with E-state index < -0.39 is 28.5 Å². The van der Waals surface area contributed by atoms with Crippen LogP contribution in [0.5, 0.6) is 0 Å². The number of carbonyl (C=O) groups excluding carboxylic acids is 2. The second-order valence-electron chi connectivity index (χ2n) is 10.4. The van der Waals surface area contributed by atoms with Gasteiger partial charge in [-0.2, -0.15) is 0 Å². The summed E-state index contributed by atoms with van der Waals surface area (Å²) in [7, 11) is -3.79. The molecule has 0 bridgehead atoms. The molecule has 1 aliphatic carbocycles. The van der Waals surface area contributed by atoms with Crippen LogP contribution in [0, 0.1) is 3.57 Å². The molecule has 0 radical (unpaired) electrons. The molecule has 3 aromatic carbocycles. The minimum atomic E-state index is -3.79. The first kappa shape index (κ1) is 31.5. The molecule has 0 unspecified atom stereocenters. The number of rotatable bonds is 11. The highest BCUT2D eigenvalue weighted by Gasteiger charge is 2.34. The molecule has 1 saturated carbocycles. The van der Waals surface area contributed by atoms with Gasteiger partial charge >= 0.3 is 0 Å². The van der Waals surface area contributed by atoms with Crippen molar-refractivity contribution in [3.05, 3.63) is 98.0 Å². The van der Waals surface area contributed by atoms with Crippen molar-refractivity contribution in [2.75, 3.05) is 17.1 Å². The average Bonchev–Trinajstić information content (AvgIpc) is 2.95. The van der Waals surface area contributed by atoms with Crippen LogP contribution in [0.15, 0.2) is 83.3 Å². The van der Waals surface area contributed by atoms with Crippen LogP contribution in [-0.2, 0) is 32.6 Å². The summed E-state index contributed by atoms with van der Waals surface area (Å²) < 4.78 is 28.8. The second-order valence-corrected chi connectivity index (χ2v) is 14.5. The van der Waals surface area contributed by atoms with Crippen molar-refractivity contribution in [2.45, 2.75) is 57.2 Å². The molecule has 4 rings (SSSR count). The first-order valence-electron chi connectivity index (χ1n) is 13.7. The van der Waals surface area contributed by atoms with Gasteiger partial charge in [-0.1, -0.05) is 77.7 Å². The molecule has 1 N–H and O–H groups in total. The number of halogens is 2. The van der Waals surface area contributed by atoms with Crippen LogP contribution in [0.4, 0.5) is 5.69 Å². The van der Waals surface area contributed by atoms with Crippen molar-refractivity contribution < 1.29 is 18.0 Å². The monoisotopic (exact) mass is 751 g/mol. The van der Waals surface area contributed by atoms with Crippen molar-refractivity contribution in [3.63, 3.8) is 0 Å². The van der Waals surface area contributed by atoms with E-state index in [4.69, 9.17) is 0 Å². The average molecular weight is 753 g/mol. The van der Waals surface area contributed by atoms with E-state index in [9.17, 15) is 18.0 Å². The zero-order valence-corrected chi connectivity index (χ0v) is 27.6. The molecule has 0 heterocycles. The predicted octanol–water partition coefficient (Wildman–Crippen LogP) is 5.91. The fraction of sp³-hybridized carbons (Fsp3) is 0.355. The molecular formula is C31H35BrIN3O4S. The summed E-state index contributed by atoms with van der Waals surface area (Å²) in [4.78, 5) is 29.7. The lowest BCUT2D eigenvalue weighted by molar-refractivity contribution is -0.140. The van der Waals surface area contributed by atoms with E-state index in [1.807, 2.05) is 54.6 Å². The summed E-state index contributed by atoms with van der Waals surface area (Å²) in [6.07, 6.45) is 6.52. The molecule has 0 aromatic heterocycles. The Labute approximate surface area is 265 Å². The largest absolute Gasteiger partial charge is 0.352 e. The highest BCUT2D eigenvalue weighted by Crippen LogP contribution is 2.23. The number of hydrogen-bond donors (Lipinski definition) is 1. The molecule has 1 aliphatic rings. The number of anilines is 1. The normalized spacial score (nSPS) is 14.7. The van der Waals surface area contributed by atoms with E-state index in [-0.39, 0.29) is 18.5 Å². The van der Waals surface area contributed by atoms with Gasteiger partial charge in [0.1, 0.15) is 12.6 Å². The highest BCUT2D eigenvalue weighted by molar-refractivity contribution is 14.1. The molecule has 10 heteroatoms. The molecule has 1 fully saturated rings. The van der Waals surface area contributed by atoms with Crippen molar-refractivity contribution in [3.8, 4) is 0 Å². The Morgan fingerprint density at radius 3 is 2.17 bits per heavy atom. The van der Waals surface area contributed by atoms with Crippen molar-refractivity contribution >= 4 is 66.0 Å². The number of nitrogens with zero attached hydrogens (tertiary/aromatic N) is 2. The third-order valence-electron chi connectivity index (χ3n) is 7.28. The fourth-order valence-corrected chi connectivity index (χ4v) is 6.58. The Bertz CT molecular complexity index is 1410. The zero-order valence-electron chi connectivity index (χ0n) is 23.0. The van der Waals surface area contributed by atoms with Crippen LogP contribution in [-0.4, -0.2) is 50.0 Å². The first-order chi connectivity index (χ1) is 19.6. The lowest BCUT2D eigenvalue weighted by Crippen LogP contribution is -2.55. The van der Waals surface area contributed by atoms with E-state index in [1.165, 1.54) is 0 Å². The lowest BCUT2D eigenvalue weighted by atomic mass is 9.94. The zero-order chi connectivity index (χ0) is 29.4. The Balaban J connectivity index is 1.71. The summed E-state index contributed by atoms with van der Waals surface area (Å²) in [5.74, 6) is -0.664. The SMILES string of the molecule is CS(=O)(=O)N(CC(=O)N(Cc1ccc(Br)cc1)[C@@H](Cc1ccccc1)C(=O)NC1CCCCC1)c1ccc(I)cc1. The van der Waals surface area contributed by atoms with Crippen molar-refractivity contribution in [1.82, 2.24) is 10.2 Å². The Kier molecular flexibility index (Phi) is 11.2. The summed E-state index contributed by atoms with van der Waals surface area (Å²) in [5, 5.41) is 3.22. The van der Waals surface area contributed by atoms with Gasteiger partial charge in [0.15, 0.2) is 0 Å². The summed E-state index contributed by atoms with van der Waals surface area (Å²) in [6.45, 7) is -0.260. The van der Waals surface area contributed by atoms with Gasteiger partial charge < -0.3 is 10.2 Å². The van der Waals surface area contributed by atoms with Crippen LogP contribution in [0.1, 0.15) is 43.2 Å². The molecule has 7 nitrogen and oxygen atoms in total. The standard InChI is InChI=1S/C31H35BrIN3O4S/c1-41(39,40)36(28-18-16-26(33)17-19-28)22-30(37)35(21-24-12-14-25(32)15-13-24)29(20-23-8-4-2-5-9-23)31(38)34-27-10-6-3-7-11-27/h2,4-5,8-9,12-19,27,29H,3,6-7,10-11,20-22H2,1H3,(H,34,38)/t29-/m0/s1. The van der Waals surface area contributed by atoms with Crippen molar-refractivity contribution in [1.29, 1.82) is 0 Å². The molecule has 0 aliphatic heterocycles. The van der Waals surface area contributed by atoms with E-state index in [2.05, 4.69) is 43.8 Å². The predicted molar refractivity (Wildman–Crippen MR) is 175 cm³/mol. The summed E-state index contributed by atoms with van der Waals surface area (Å²) in [5.41, 5.74) is 2.16. The minimum absolute atomic E-state index is 0.0680. The number of benzene rings is 3. The highest BCUT2D eigenvalue weighted by atomic mass is 127. The van der Waals surface area contributed by atoms with Gasteiger partial charge in [0.25, 0.3) is 0 Å². The van der Waals surface area contributed by atoms with Gasteiger partial charge in [-0.3, -0.25) is 13.9 Å². The number of sulfonamides is 1. The maximum absolute atomic E-state index is 14.2. The van der Waals surface area contributed by atoms with E-state index in [0.717, 1.165) is 61.8 Å². The van der Waals surface area contributed by atoms with Crippen LogP contribution < -0.4 is 9.62 Å². The van der Waals surface area contributed by atoms with Crippen LogP contribution in [0.3, 0.4) is 0 Å². The Morgan fingerprint density at radius 2 is 1.56 bits per heavy atom. The Hall–Kier alpha value is -2.44. The maximum atomic E-state index is 14.2. The van der Waals surface area contributed by atoms with Gasteiger partial charge in [0, 0.05) is 27.1 Å². The number of hydrogen-bond acceptors (Lipinski definition) is 4. The molecule has 218 valence electrons. The third kappa shape index (κ3) is 9.27. The molecule has 0 spiro atoms. The van der Waals surface area contributed by atoms with Gasteiger partial charge in [-0.15, -0.1) is 0 Å². The minimum Gasteiger partial charge on any atom is -0.352 e. The summed E-state index contributed by atoms with van der Waals surface area (Å²) >= 11 is 5.61. The topological polar surface area (TPSA) is 86.8 Å². The quantitative estimate of drug-likeness (QED) is 0.247. The maximum Gasteiger partial charge on any atom is 0.244 e. The number of amides is 2. The van der Waals surface area contributed by atoms with E-state index in [0.29, 0.717) is 12.1 Å². The van der Waals surface area contributed by atoms with Crippen LogP contribution in [0.25, 0.3) is 0 Å². The van der Waals surface area contributed by atoms with Gasteiger partial charge in [0.05, 0.1) is 11.9 Å². The smallest absolute Gasteiger partial charge is 0.244 e. The van der Waals surface area contributed by atoms with E-state index >= 15 is 0 Å². The van der Waals surface area contributed by atoms with Crippen LogP contribution >= 0.6 is 38.5 Å².